The van der Waals surface area contributed by atoms with Crippen molar-refractivity contribution in [1.82, 2.24) is 15.1 Å². The molecule has 8 heteroatoms. The van der Waals surface area contributed by atoms with Gasteiger partial charge in [-0.2, -0.15) is 5.10 Å². The lowest BCUT2D eigenvalue weighted by molar-refractivity contribution is 0.582. The maximum atomic E-state index is 12.4. The molecule has 1 aromatic carbocycles. The second-order valence-corrected chi connectivity index (χ2v) is 6.88. The Balaban J connectivity index is 2.20. The summed E-state index contributed by atoms with van der Waals surface area (Å²) in [5, 5.41) is 7.05. The summed E-state index contributed by atoms with van der Waals surface area (Å²) < 4.78 is 28.9. The smallest absolute Gasteiger partial charge is 0.265 e. The molecule has 0 fully saturated rings. The van der Waals surface area contributed by atoms with Crippen LogP contribution in [0.2, 0.25) is 0 Å². The highest BCUT2D eigenvalue weighted by Crippen LogP contribution is 2.26. The Morgan fingerprint density at radius 2 is 2.10 bits per heavy atom. The molecule has 0 amide bonds. The van der Waals surface area contributed by atoms with E-state index in [2.05, 4.69) is 15.1 Å². The van der Waals surface area contributed by atoms with E-state index in [9.17, 15) is 8.42 Å². The number of nitrogens with one attached hydrogen (secondary N) is 2. The fourth-order valence-corrected chi connectivity index (χ4v) is 3.41. The van der Waals surface area contributed by atoms with Crippen molar-refractivity contribution < 1.29 is 8.42 Å². The highest BCUT2D eigenvalue weighted by molar-refractivity contribution is 7.99. The second-order valence-electron chi connectivity index (χ2n) is 4.35. The highest BCUT2D eigenvalue weighted by atomic mass is 32.2. The van der Waals surface area contributed by atoms with Gasteiger partial charge in [0.15, 0.2) is 0 Å². The summed E-state index contributed by atoms with van der Waals surface area (Å²) in [6.45, 7) is 1.34. The largest absolute Gasteiger partial charge is 0.318 e. The number of thioether (sulfide) groups is 1. The Hall–Kier alpha value is -1.51. The van der Waals surface area contributed by atoms with E-state index < -0.39 is 10.0 Å². The van der Waals surface area contributed by atoms with Crippen LogP contribution in [0.3, 0.4) is 0 Å². The van der Waals surface area contributed by atoms with Crippen LogP contribution in [-0.2, 0) is 16.6 Å². The average molecular weight is 326 g/mol. The fourth-order valence-electron chi connectivity index (χ4n) is 1.76. The number of hydrogen-bond acceptors (Lipinski definition) is 5. The topological polar surface area (TPSA) is 76.0 Å². The molecule has 0 unspecified atom stereocenters. The van der Waals surface area contributed by atoms with Crippen LogP contribution >= 0.6 is 11.8 Å². The minimum absolute atomic E-state index is 0.162. The van der Waals surface area contributed by atoms with Crippen molar-refractivity contribution in [3.05, 3.63) is 36.7 Å². The Morgan fingerprint density at radius 3 is 2.81 bits per heavy atom. The normalized spacial score (nSPS) is 11.5. The SMILES string of the molecule is CNCCn1cc(S(=O)(=O)Nc2ccccc2SC)cn1. The molecule has 0 atom stereocenters. The molecule has 0 aliphatic rings. The van der Waals surface area contributed by atoms with E-state index in [1.807, 2.05) is 25.4 Å². The van der Waals surface area contributed by atoms with Gasteiger partial charge in [0.05, 0.1) is 18.4 Å². The van der Waals surface area contributed by atoms with E-state index in [1.165, 1.54) is 24.2 Å². The lowest BCUT2D eigenvalue weighted by Gasteiger charge is -2.09. The molecule has 0 saturated carbocycles. The van der Waals surface area contributed by atoms with Crippen LogP contribution < -0.4 is 10.0 Å². The maximum absolute atomic E-state index is 12.4. The third-order valence-corrected chi connectivity index (χ3v) is 4.98. The number of nitrogens with zero attached hydrogens (tertiary/aromatic N) is 2. The number of benzene rings is 1. The summed E-state index contributed by atoms with van der Waals surface area (Å²) in [7, 11) is -1.78. The Labute approximate surface area is 129 Å². The van der Waals surface area contributed by atoms with E-state index in [0.29, 0.717) is 12.2 Å². The van der Waals surface area contributed by atoms with Crippen molar-refractivity contribution in [3.8, 4) is 0 Å². The molecule has 2 aromatic rings. The van der Waals surface area contributed by atoms with Gasteiger partial charge in [0.25, 0.3) is 10.0 Å². The van der Waals surface area contributed by atoms with Crippen molar-refractivity contribution in [2.75, 3.05) is 24.6 Å². The lowest BCUT2D eigenvalue weighted by atomic mass is 10.3. The molecule has 1 aromatic heterocycles. The van der Waals surface area contributed by atoms with Crippen LogP contribution in [-0.4, -0.2) is 38.0 Å². The van der Waals surface area contributed by atoms with Crippen LogP contribution in [0.15, 0.2) is 46.5 Å². The number of anilines is 1. The van der Waals surface area contributed by atoms with Crippen molar-refractivity contribution in [2.24, 2.45) is 0 Å². The van der Waals surface area contributed by atoms with Gasteiger partial charge in [-0.15, -0.1) is 11.8 Å². The number of likely N-dealkylation sites (N-methyl/N-ethyl adjacent to an activating group) is 1. The molecule has 0 aliphatic carbocycles. The van der Waals surface area contributed by atoms with E-state index in [4.69, 9.17) is 0 Å². The Kier molecular flexibility index (Phi) is 5.27. The summed E-state index contributed by atoms with van der Waals surface area (Å²) in [6.07, 6.45) is 4.80. The van der Waals surface area contributed by atoms with Gasteiger partial charge in [0.2, 0.25) is 0 Å². The van der Waals surface area contributed by atoms with Gasteiger partial charge in [-0.1, -0.05) is 12.1 Å². The van der Waals surface area contributed by atoms with Crippen molar-refractivity contribution in [3.63, 3.8) is 0 Å². The monoisotopic (exact) mass is 326 g/mol. The van der Waals surface area contributed by atoms with Gasteiger partial charge in [0.1, 0.15) is 4.90 Å². The number of aromatic nitrogens is 2. The summed E-state index contributed by atoms with van der Waals surface area (Å²) in [5.74, 6) is 0. The molecule has 114 valence electrons. The van der Waals surface area contributed by atoms with Crippen LogP contribution in [0, 0.1) is 0 Å². The van der Waals surface area contributed by atoms with Crippen molar-refractivity contribution in [2.45, 2.75) is 16.3 Å². The molecule has 0 radical (unpaired) electrons. The first kappa shape index (κ1) is 15.9. The first-order valence-corrected chi connectivity index (χ1v) is 9.10. The molecule has 0 saturated heterocycles. The lowest BCUT2D eigenvalue weighted by Crippen LogP contribution is -2.15. The Bertz CT molecular complexity index is 698. The first-order chi connectivity index (χ1) is 10.1. The fraction of sp³-hybridized carbons (Fsp3) is 0.308. The van der Waals surface area contributed by atoms with Gasteiger partial charge in [-0.25, -0.2) is 8.42 Å². The summed E-state index contributed by atoms with van der Waals surface area (Å²) in [5.41, 5.74) is 0.577. The molecule has 2 N–H and O–H groups in total. The van der Waals surface area contributed by atoms with E-state index in [0.717, 1.165) is 11.4 Å². The minimum Gasteiger partial charge on any atom is -0.318 e. The molecular formula is C13H18N4O2S2. The summed E-state index contributed by atoms with van der Waals surface area (Å²) in [4.78, 5) is 1.04. The van der Waals surface area contributed by atoms with Crippen LogP contribution in [0.1, 0.15) is 0 Å². The number of rotatable bonds is 7. The quantitative estimate of drug-likeness (QED) is 0.756. The van der Waals surface area contributed by atoms with Crippen molar-refractivity contribution >= 4 is 27.5 Å². The van der Waals surface area contributed by atoms with Gasteiger partial charge < -0.3 is 5.32 Å². The zero-order chi connectivity index (χ0) is 15.3. The summed E-state index contributed by atoms with van der Waals surface area (Å²) in [6, 6.07) is 7.29. The number of hydrogen-bond donors (Lipinski definition) is 2. The van der Waals surface area contributed by atoms with Gasteiger partial charge in [0, 0.05) is 17.6 Å². The molecule has 2 rings (SSSR count). The zero-order valence-electron chi connectivity index (χ0n) is 11.9. The molecule has 1 heterocycles. The van der Waals surface area contributed by atoms with Gasteiger partial charge in [-0.05, 0) is 25.4 Å². The standard InChI is InChI=1S/C13H18N4O2S2/c1-14-7-8-17-10-11(9-15-17)21(18,19)16-12-5-3-4-6-13(12)20-2/h3-6,9-10,14,16H,7-8H2,1-2H3. The predicted octanol–water partition coefficient (Wildman–Crippen LogP) is 1.63. The van der Waals surface area contributed by atoms with Crippen molar-refractivity contribution in [1.29, 1.82) is 0 Å². The Morgan fingerprint density at radius 1 is 1.33 bits per heavy atom. The van der Waals surface area contributed by atoms with Gasteiger partial charge >= 0.3 is 0 Å². The average Bonchev–Trinajstić information content (AvgIpc) is 2.95. The third-order valence-electron chi connectivity index (χ3n) is 2.86. The molecule has 0 bridgehead atoms. The predicted molar refractivity (Wildman–Crippen MR) is 85.2 cm³/mol. The maximum Gasteiger partial charge on any atom is 0.265 e. The number of para-hydroxylation sites is 1. The summed E-state index contributed by atoms with van der Waals surface area (Å²) >= 11 is 1.49. The first-order valence-electron chi connectivity index (χ1n) is 6.39. The van der Waals surface area contributed by atoms with Crippen LogP contribution in [0.5, 0.6) is 0 Å². The second kappa shape index (κ2) is 6.97. The zero-order valence-corrected chi connectivity index (χ0v) is 13.5. The number of sulfonamides is 1. The van der Waals surface area contributed by atoms with Crippen LogP contribution in [0.25, 0.3) is 0 Å². The van der Waals surface area contributed by atoms with Crippen LogP contribution in [0.4, 0.5) is 5.69 Å². The molecular weight excluding hydrogens is 308 g/mol. The third kappa shape index (κ3) is 3.99. The van der Waals surface area contributed by atoms with Gasteiger partial charge in [-0.3, -0.25) is 9.40 Å². The molecule has 21 heavy (non-hydrogen) atoms. The van der Waals surface area contributed by atoms with E-state index in [-0.39, 0.29) is 4.90 Å². The molecule has 6 nitrogen and oxygen atoms in total. The molecule has 0 spiro atoms. The van der Waals surface area contributed by atoms with E-state index in [1.54, 1.807) is 16.8 Å². The molecule has 0 aliphatic heterocycles. The van der Waals surface area contributed by atoms with E-state index >= 15 is 0 Å². The minimum atomic E-state index is -3.62. The highest BCUT2D eigenvalue weighted by Gasteiger charge is 2.17.